The summed E-state index contributed by atoms with van der Waals surface area (Å²) in [4.78, 5) is 28.5. The van der Waals surface area contributed by atoms with Crippen LogP contribution in [0.5, 0.6) is 0 Å². The number of likely N-dealkylation sites (tertiary alicyclic amines) is 1. The maximum atomic E-state index is 12.4. The zero-order chi connectivity index (χ0) is 22.3. The molecule has 1 aliphatic carbocycles. The van der Waals surface area contributed by atoms with Gasteiger partial charge in [0.25, 0.3) is 0 Å². The van der Waals surface area contributed by atoms with Gasteiger partial charge in [0.1, 0.15) is 5.82 Å². The van der Waals surface area contributed by atoms with Crippen LogP contribution in [-0.2, 0) is 4.79 Å². The molecule has 3 heterocycles. The van der Waals surface area contributed by atoms with E-state index < -0.39 is 0 Å². The molecule has 0 atom stereocenters. The second-order valence-electron chi connectivity index (χ2n) is 9.78. The maximum absolute atomic E-state index is 12.4. The van der Waals surface area contributed by atoms with Crippen LogP contribution in [0, 0.1) is 5.92 Å². The summed E-state index contributed by atoms with van der Waals surface area (Å²) in [6, 6.07) is 4.08. The lowest BCUT2D eigenvalue weighted by atomic mass is 9.79. The second-order valence-corrected chi connectivity index (χ2v) is 9.78. The molecule has 0 aromatic carbocycles. The van der Waals surface area contributed by atoms with E-state index in [1.807, 2.05) is 30.7 Å². The first-order valence-electron chi connectivity index (χ1n) is 12.4. The van der Waals surface area contributed by atoms with Gasteiger partial charge in [0.05, 0.1) is 12.2 Å². The van der Waals surface area contributed by atoms with Crippen molar-refractivity contribution < 1.29 is 4.79 Å². The molecule has 172 valence electrons. The molecule has 32 heavy (non-hydrogen) atoms. The van der Waals surface area contributed by atoms with E-state index in [2.05, 4.69) is 34.0 Å². The van der Waals surface area contributed by atoms with Crippen LogP contribution in [-0.4, -0.2) is 51.9 Å². The van der Waals surface area contributed by atoms with E-state index >= 15 is 0 Å². The van der Waals surface area contributed by atoms with Crippen molar-refractivity contribution in [2.24, 2.45) is 5.92 Å². The lowest BCUT2D eigenvalue weighted by Gasteiger charge is -2.30. The van der Waals surface area contributed by atoms with E-state index in [4.69, 9.17) is 4.98 Å². The number of rotatable bonds is 7. The number of carbonyl (C=O) groups is 1. The van der Waals surface area contributed by atoms with Gasteiger partial charge in [-0.05, 0) is 75.2 Å². The fourth-order valence-corrected chi connectivity index (χ4v) is 5.03. The van der Waals surface area contributed by atoms with Gasteiger partial charge in [0.2, 0.25) is 5.91 Å². The van der Waals surface area contributed by atoms with Gasteiger partial charge in [0, 0.05) is 42.5 Å². The summed E-state index contributed by atoms with van der Waals surface area (Å²) in [5, 5.41) is 3.20. The van der Waals surface area contributed by atoms with Crippen molar-refractivity contribution in [2.45, 2.75) is 70.6 Å². The molecule has 0 spiro atoms. The maximum Gasteiger partial charge on any atom is 0.234 e. The fraction of sp³-hybridized carbons (Fsp3) is 0.615. The van der Waals surface area contributed by atoms with Crippen molar-refractivity contribution in [3.8, 4) is 11.1 Å². The summed E-state index contributed by atoms with van der Waals surface area (Å²) in [6.45, 7) is 7.79. The summed E-state index contributed by atoms with van der Waals surface area (Å²) >= 11 is 0. The minimum Gasteiger partial charge on any atom is -0.355 e. The fourth-order valence-electron chi connectivity index (χ4n) is 5.03. The minimum atomic E-state index is 0.186. The van der Waals surface area contributed by atoms with Gasteiger partial charge in [0.15, 0.2) is 0 Å². The Labute approximate surface area is 192 Å². The smallest absolute Gasteiger partial charge is 0.234 e. The van der Waals surface area contributed by atoms with Crippen LogP contribution in [0.3, 0.4) is 0 Å². The quantitative estimate of drug-likeness (QED) is 0.691. The zero-order valence-electron chi connectivity index (χ0n) is 19.6. The summed E-state index contributed by atoms with van der Waals surface area (Å²) < 4.78 is 0. The molecule has 0 radical (unpaired) electrons. The second kappa shape index (κ2) is 11.0. The largest absolute Gasteiger partial charge is 0.355 e. The third kappa shape index (κ3) is 5.91. The van der Waals surface area contributed by atoms with Gasteiger partial charge < -0.3 is 5.32 Å². The standard InChI is InChI=1S/C26H37N5O/c1-19(2)26-29-17-23(21-10-12-27-13-11-21)25(30-26)22-8-6-20(7-9-22)16-28-24(32)18-31-14-4-3-5-15-31/h10-13,17,19-20,22H,3-9,14-16,18H2,1-2H3,(H,28,32). The highest BCUT2D eigenvalue weighted by Gasteiger charge is 2.27. The Balaban J connectivity index is 1.35. The molecular weight excluding hydrogens is 398 g/mol. The van der Waals surface area contributed by atoms with Gasteiger partial charge >= 0.3 is 0 Å². The molecule has 4 rings (SSSR count). The van der Waals surface area contributed by atoms with E-state index in [0.29, 0.717) is 24.3 Å². The van der Waals surface area contributed by atoms with Crippen molar-refractivity contribution in [3.05, 3.63) is 42.2 Å². The van der Waals surface area contributed by atoms with Crippen molar-refractivity contribution in [2.75, 3.05) is 26.2 Å². The number of amides is 1. The predicted molar refractivity (Wildman–Crippen MR) is 127 cm³/mol. The Kier molecular flexibility index (Phi) is 7.85. The van der Waals surface area contributed by atoms with Crippen LogP contribution in [0.25, 0.3) is 11.1 Å². The molecule has 2 aromatic heterocycles. The van der Waals surface area contributed by atoms with E-state index in [-0.39, 0.29) is 5.91 Å². The number of nitrogens with one attached hydrogen (secondary N) is 1. The molecule has 2 aliphatic rings. The van der Waals surface area contributed by atoms with E-state index in [0.717, 1.165) is 62.3 Å². The Morgan fingerprint density at radius 1 is 1.09 bits per heavy atom. The summed E-state index contributed by atoms with van der Waals surface area (Å²) in [5.41, 5.74) is 3.45. The first-order valence-corrected chi connectivity index (χ1v) is 12.4. The highest BCUT2D eigenvalue weighted by Crippen LogP contribution is 2.39. The van der Waals surface area contributed by atoms with Gasteiger partial charge in [-0.15, -0.1) is 0 Å². The van der Waals surface area contributed by atoms with Crippen molar-refractivity contribution in [1.29, 1.82) is 0 Å². The van der Waals surface area contributed by atoms with Gasteiger partial charge in [-0.25, -0.2) is 9.97 Å². The first kappa shape index (κ1) is 22.8. The van der Waals surface area contributed by atoms with Gasteiger partial charge in [-0.1, -0.05) is 20.3 Å². The van der Waals surface area contributed by atoms with Gasteiger partial charge in [-0.2, -0.15) is 0 Å². The SMILES string of the molecule is CC(C)c1ncc(-c2ccncc2)c(C2CCC(CNC(=O)CN3CCCCC3)CC2)n1. The molecule has 1 amide bonds. The minimum absolute atomic E-state index is 0.186. The number of hydrogen-bond donors (Lipinski definition) is 1. The average Bonchev–Trinajstić information content (AvgIpc) is 2.84. The summed E-state index contributed by atoms with van der Waals surface area (Å²) in [5.74, 6) is 2.43. The number of hydrogen-bond acceptors (Lipinski definition) is 5. The molecule has 0 unspecified atom stereocenters. The molecule has 1 aliphatic heterocycles. The highest BCUT2D eigenvalue weighted by molar-refractivity contribution is 5.78. The first-order chi connectivity index (χ1) is 15.6. The van der Waals surface area contributed by atoms with Crippen LogP contribution in [0.2, 0.25) is 0 Å². The topological polar surface area (TPSA) is 71.0 Å². The lowest BCUT2D eigenvalue weighted by molar-refractivity contribution is -0.122. The van der Waals surface area contributed by atoms with Crippen LogP contribution >= 0.6 is 0 Å². The molecule has 2 aromatic rings. The van der Waals surface area contributed by atoms with Crippen LogP contribution in [0.4, 0.5) is 0 Å². The van der Waals surface area contributed by atoms with Crippen LogP contribution in [0.1, 0.15) is 82.1 Å². The monoisotopic (exact) mass is 435 g/mol. The molecule has 2 fully saturated rings. The number of pyridine rings is 1. The number of nitrogens with zero attached hydrogens (tertiary/aromatic N) is 4. The number of piperidine rings is 1. The Morgan fingerprint density at radius 2 is 1.81 bits per heavy atom. The van der Waals surface area contributed by atoms with E-state index in [1.165, 1.54) is 25.0 Å². The number of aromatic nitrogens is 3. The third-order valence-electron chi connectivity index (χ3n) is 6.98. The third-order valence-corrected chi connectivity index (χ3v) is 6.98. The van der Waals surface area contributed by atoms with Crippen molar-refractivity contribution in [1.82, 2.24) is 25.2 Å². The van der Waals surface area contributed by atoms with E-state index in [9.17, 15) is 4.79 Å². The molecule has 6 heteroatoms. The summed E-state index contributed by atoms with van der Waals surface area (Å²) in [7, 11) is 0. The molecule has 1 saturated heterocycles. The van der Waals surface area contributed by atoms with Crippen LogP contribution in [0.15, 0.2) is 30.7 Å². The predicted octanol–water partition coefficient (Wildman–Crippen LogP) is 4.54. The number of carbonyl (C=O) groups excluding carboxylic acids is 1. The zero-order valence-corrected chi connectivity index (χ0v) is 19.6. The Hall–Kier alpha value is -2.34. The molecular formula is C26H37N5O. The molecule has 0 bridgehead atoms. The average molecular weight is 436 g/mol. The van der Waals surface area contributed by atoms with Crippen LogP contribution < -0.4 is 5.32 Å². The Bertz CT molecular complexity index is 871. The van der Waals surface area contributed by atoms with E-state index in [1.54, 1.807) is 0 Å². The molecule has 1 N–H and O–H groups in total. The molecule has 6 nitrogen and oxygen atoms in total. The normalized spacial score (nSPS) is 22.1. The highest BCUT2D eigenvalue weighted by atomic mass is 16.2. The molecule has 1 saturated carbocycles. The van der Waals surface area contributed by atoms with Gasteiger partial charge in [-0.3, -0.25) is 14.7 Å². The van der Waals surface area contributed by atoms with Crippen molar-refractivity contribution >= 4 is 5.91 Å². The van der Waals surface area contributed by atoms with Crippen molar-refractivity contribution in [3.63, 3.8) is 0 Å². The summed E-state index contributed by atoms with van der Waals surface area (Å²) in [6.07, 6.45) is 13.9. The Morgan fingerprint density at radius 3 is 2.50 bits per heavy atom. The lowest BCUT2D eigenvalue weighted by Crippen LogP contribution is -2.41.